The van der Waals surface area contributed by atoms with Gasteiger partial charge in [0.2, 0.25) is 0 Å². The first-order chi connectivity index (χ1) is 11.0. The van der Waals surface area contributed by atoms with Crippen LogP contribution in [0.25, 0.3) is 0 Å². The summed E-state index contributed by atoms with van der Waals surface area (Å²) in [6, 6.07) is 3.57. The normalized spacial score (nSPS) is 10.9. The number of hydrogen-bond acceptors (Lipinski definition) is 4. The van der Waals surface area contributed by atoms with Gasteiger partial charge < -0.3 is 4.90 Å². The number of rotatable bonds is 5. The van der Waals surface area contributed by atoms with Gasteiger partial charge in [-0.05, 0) is 19.1 Å². The number of amides is 1. The number of aryl methyl sites for hydroxylation is 1. The topological polar surface area (TPSA) is 73.8 Å². The Balaban J connectivity index is 1.67. The maximum atomic E-state index is 12.5. The van der Waals surface area contributed by atoms with Crippen LogP contribution < -0.4 is 0 Å². The Morgan fingerprint density at radius 2 is 2.09 bits per heavy atom. The van der Waals surface area contributed by atoms with Crippen molar-refractivity contribution in [1.29, 1.82) is 0 Å². The van der Waals surface area contributed by atoms with Gasteiger partial charge in [0.1, 0.15) is 12.4 Å². The van der Waals surface area contributed by atoms with Gasteiger partial charge >= 0.3 is 0 Å². The second-order valence-electron chi connectivity index (χ2n) is 5.47. The van der Waals surface area contributed by atoms with E-state index >= 15 is 0 Å². The van der Waals surface area contributed by atoms with Crippen LogP contribution in [0, 0.1) is 6.92 Å². The molecule has 0 bridgehead atoms. The van der Waals surface area contributed by atoms with E-state index in [9.17, 15) is 4.79 Å². The fourth-order valence-electron chi connectivity index (χ4n) is 2.31. The van der Waals surface area contributed by atoms with E-state index in [1.165, 1.54) is 0 Å². The Kier molecular flexibility index (Phi) is 3.96. The number of hydrogen-bond donors (Lipinski definition) is 0. The molecule has 0 fully saturated rings. The van der Waals surface area contributed by atoms with Crippen LogP contribution >= 0.6 is 0 Å². The minimum atomic E-state index is -0.118. The van der Waals surface area contributed by atoms with Crippen LogP contribution in [0.5, 0.6) is 0 Å². The first-order valence-electron chi connectivity index (χ1n) is 7.28. The number of nitrogens with zero attached hydrogens (tertiary/aromatic N) is 7. The highest BCUT2D eigenvalue weighted by Gasteiger charge is 2.17. The lowest BCUT2D eigenvalue weighted by molar-refractivity contribution is 0.0778. The monoisotopic (exact) mass is 313 g/mol. The summed E-state index contributed by atoms with van der Waals surface area (Å²) in [5.74, 6) is -0.118. The molecule has 0 N–H and O–H groups in total. The van der Waals surface area contributed by atoms with Crippen LogP contribution in [0.1, 0.15) is 21.7 Å². The molecule has 0 aliphatic carbocycles. The summed E-state index contributed by atoms with van der Waals surface area (Å²) in [6.45, 7) is 2.97. The lowest BCUT2D eigenvalue weighted by Gasteiger charge is -2.15. The fourth-order valence-corrected chi connectivity index (χ4v) is 2.31. The molecule has 8 nitrogen and oxygen atoms in total. The largest absolute Gasteiger partial charge is 0.336 e. The molecule has 8 heteroatoms. The van der Waals surface area contributed by atoms with Gasteiger partial charge in [-0.15, -0.1) is 0 Å². The van der Waals surface area contributed by atoms with Crippen LogP contribution in [-0.4, -0.2) is 47.2 Å². The van der Waals surface area contributed by atoms with Gasteiger partial charge in [-0.25, -0.2) is 0 Å². The third-order valence-corrected chi connectivity index (χ3v) is 3.80. The van der Waals surface area contributed by atoms with Crippen molar-refractivity contribution in [1.82, 2.24) is 34.2 Å². The molecule has 0 aliphatic rings. The van der Waals surface area contributed by atoms with E-state index in [2.05, 4.69) is 15.3 Å². The molecule has 0 spiro atoms. The van der Waals surface area contributed by atoms with Crippen molar-refractivity contribution in [2.45, 2.75) is 20.1 Å². The molecule has 3 rings (SSSR count). The molecule has 0 aromatic carbocycles. The molecule has 0 atom stereocenters. The zero-order chi connectivity index (χ0) is 16.4. The predicted molar refractivity (Wildman–Crippen MR) is 83.6 cm³/mol. The molecule has 23 heavy (non-hydrogen) atoms. The Labute approximate surface area is 133 Å². The maximum Gasteiger partial charge on any atom is 0.274 e. The van der Waals surface area contributed by atoms with E-state index in [-0.39, 0.29) is 5.91 Å². The quantitative estimate of drug-likeness (QED) is 0.701. The van der Waals surface area contributed by atoms with Gasteiger partial charge in [0.25, 0.3) is 5.91 Å². The van der Waals surface area contributed by atoms with Crippen molar-refractivity contribution >= 4 is 5.91 Å². The van der Waals surface area contributed by atoms with Gasteiger partial charge in [0, 0.05) is 50.5 Å². The average Bonchev–Trinajstić information content (AvgIpc) is 3.26. The van der Waals surface area contributed by atoms with E-state index in [4.69, 9.17) is 0 Å². The third kappa shape index (κ3) is 3.15. The molecule has 0 aliphatic heterocycles. The highest BCUT2D eigenvalue weighted by atomic mass is 16.2. The van der Waals surface area contributed by atoms with Crippen molar-refractivity contribution < 1.29 is 4.79 Å². The molecule has 0 unspecified atom stereocenters. The lowest BCUT2D eigenvalue weighted by Crippen LogP contribution is -2.27. The molecule has 0 saturated carbocycles. The summed E-state index contributed by atoms with van der Waals surface area (Å²) >= 11 is 0. The standard InChI is InChI=1S/C15H19N7O/c1-12-13(9-17-20(12)3)10-19(2)15(23)14-5-8-22(18-14)11-21-7-4-6-16-21/h4-9H,10-11H2,1-3H3. The van der Waals surface area contributed by atoms with Crippen LogP contribution in [-0.2, 0) is 20.3 Å². The van der Waals surface area contributed by atoms with Crippen LogP contribution in [0.4, 0.5) is 0 Å². The minimum Gasteiger partial charge on any atom is -0.336 e. The number of aromatic nitrogens is 6. The van der Waals surface area contributed by atoms with Crippen molar-refractivity contribution in [3.8, 4) is 0 Å². The number of carbonyl (C=O) groups excluding carboxylic acids is 1. The minimum absolute atomic E-state index is 0.118. The van der Waals surface area contributed by atoms with E-state index in [0.717, 1.165) is 11.3 Å². The summed E-state index contributed by atoms with van der Waals surface area (Å²) in [4.78, 5) is 14.1. The molecule has 1 amide bonds. The smallest absolute Gasteiger partial charge is 0.274 e. The van der Waals surface area contributed by atoms with Gasteiger partial charge in [0.05, 0.1) is 6.20 Å². The highest BCUT2D eigenvalue weighted by molar-refractivity contribution is 5.91. The lowest BCUT2D eigenvalue weighted by atomic mass is 10.2. The van der Waals surface area contributed by atoms with Crippen molar-refractivity contribution in [2.24, 2.45) is 7.05 Å². The SMILES string of the molecule is Cc1c(CN(C)C(=O)c2ccn(Cn3cccn3)n2)cnn1C. The molecule has 0 saturated heterocycles. The van der Waals surface area contributed by atoms with E-state index in [0.29, 0.717) is 18.9 Å². The Morgan fingerprint density at radius 3 is 2.74 bits per heavy atom. The van der Waals surface area contributed by atoms with E-state index < -0.39 is 0 Å². The summed E-state index contributed by atoms with van der Waals surface area (Å²) in [6.07, 6.45) is 7.12. The Morgan fingerprint density at radius 1 is 1.26 bits per heavy atom. The van der Waals surface area contributed by atoms with Gasteiger partial charge in [-0.1, -0.05) is 0 Å². The van der Waals surface area contributed by atoms with Gasteiger partial charge in [-0.3, -0.25) is 18.8 Å². The average molecular weight is 313 g/mol. The molecular weight excluding hydrogens is 294 g/mol. The zero-order valence-corrected chi connectivity index (χ0v) is 13.4. The molecule has 0 radical (unpaired) electrons. The predicted octanol–water partition coefficient (Wildman–Crippen LogP) is 0.900. The fraction of sp³-hybridized carbons (Fsp3) is 0.333. The molecule has 3 aromatic heterocycles. The van der Waals surface area contributed by atoms with Crippen molar-refractivity contribution in [3.63, 3.8) is 0 Å². The first kappa shape index (κ1) is 15.0. The number of carbonyl (C=O) groups is 1. The van der Waals surface area contributed by atoms with Crippen molar-refractivity contribution in [3.05, 3.63) is 53.9 Å². The molecule has 3 heterocycles. The first-order valence-corrected chi connectivity index (χ1v) is 7.28. The van der Waals surface area contributed by atoms with Gasteiger partial charge in [0.15, 0.2) is 0 Å². The molecule has 120 valence electrons. The molecule has 3 aromatic rings. The second kappa shape index (κ2) is 6.07. The van der Waals surface area contributed by atoms with Crippen LogP contribution in [0.3, 0.4) is 0 Å². The Bertz CT molecular complexity index is 800. The maximum absolute atomic E-state index is 12.5. The van der Waals surface area contributed by atoms with Crippen LogP contribution in [0.2, 0.25) is 0 Å². The highest BCUT2D eigenvalue weighted by Crippen LogP contribution is 2.10. The summed E-state index contributed by atoms with van der Waals surface area (Å²) in [7, 11) is 3.65. The summed E-state index contributed by atoms with van der Waals surface area (Å²) < 4.78 is 5.22. The molecular formula is C15H19N7O. The van der Waals surface area contributed by atoms with E-state index in [1.807, 2.05) is 26.2 Å². The summed E-state index contributed by atoms with van der Waals surface area (Å²) in [5, 5.41) is 12.6. The Hall–Kier alpha value is -2.90. The van der Waals surface area contributed by atoms with Crippen molar-refractivity contribution in [2.75, 3.05) is 7.05 Å². The van der Waals surface area contributed by atoms with Crippen LogP contribution in [0.15, 0.2) is 36.9 Å². The summed E-state index contributed by atoms with van der Waals surface area (Å²) in [5.41, 5.74) is 2.49. The third-order valence-electron chi connectivity index (χ3n) is 3.80. The zero-order valence-electron chi connectivity index (χ0n) is 13.4. The second-order valence-corrected chi connectivity index (χ2v) is 5.47. The van der Waals surface area contributed by atoms with Gasteiger partial charge in [-0.2, -0.15) is 15.3 Å². The van der Waals surface area contributed by atoms with E-state index in [1.54, 1.807) is 50.6 Å².